The van der Waals surface area contributed by atoms with Gasteiger partial charge in [-0.15, -0.1) is 0 Å². The van der Waals surface area contributed by atoms with E-state index in [2.05, 4.69) is 11.9 Å². The third kappa shape index (κ3) is 5.10. The smallest absolute Gasteiger partial charge is 0.335 e. The van der Waals surface area contributed by atoms with Crippen molar-refractivity contribution in [3.8, 4) is 5.75 Å². The van der Waals surface area contributed by atoms with Gasteiger partial charge >= 0.3 is 5.97 Å². The van der Waals surface area contributed by atoms with Crippen LogP contribution in [0.3, 0.4) is 0 Å². The SMILES string of the molecule is CCCCOc1ccccc1/C=C1/SC(=Nc2ccc(C(=O)O)cc2)N(CC)C1=O. The first-order chi connectivity index (χ1) is 14.5. The maximum atomic E-state index is 12.9. The number of unbranched alkanes of at least 4 members (excludes halogenated alkanes) is 1. The molecule has 0 atom stereocenters. The van der Waals surface area contributed by atoms with Gasteiger partial charge in [0.25, 0.3) is 5.91 Å². The second kappa shape index (κ2) is 10.1. The number of rotatable bonds is 8. The van der Waals surface area contributed by atoms with E-state index in [1.165, 1.54) is 23.9 Å². The normalized spacial score (nSPS) is 16.5. The number of aromatic carboxylic acids is 1. The number of nitrogens with zero attached hydrogens (tertiary/aromatic N) is 2. The summed E-state index contributed by atoms with van der Waals surface area (Å²) in [6, 6.07) is 13.9. The van der Waals surface area contributed by atoms with Gasteiger partial charge in [0, 0.05) is 12.1 Å². The molecule has 0 spiro atoms. The summed E-state index contributed by atoms with van der Waals surface area (Å²) in [5.74, 6) is -0.337. The molecule has 1 saturated heterocycles. The molecule has 3 rings (SSSR count). The van der Waals surface area contributed by atoms with Gasteiger partial charge in [0.1, 0.15) is 5.75 Å². The molecule has 1 aliphatic rings. The zero-order valence-corrected chi connectivity index (χ0v) is 17.8. The Bertz CT molecular complexity index is 983. The molecule has 1 amide bonds. The predicted octanol–water partition coefficient (Wildman–Crippen LogP) is 5.19. The molecule has 0 bridgehead atoms. The van der Waals surface area contributed by atoms with Crippen molar-refractivity contribution in [2.45, 2.75) is 26.7 Å². The highest BCUT2D eigenvalue weighted by atomic mass is 32.2. The molecule has 156 valence electrons. The summed E-state index contributed by atoms with van der Waals surface area (Å²) in [5, 5.41) is 9.60. The van der Waals surface area contributed by atoms with Crippen molar-refractivity contribution >= 4 is 40.6 Å². The summed E-state index contributed by atoms with van der Waals surface area (Å²) >= 11 is 1.30. The van der Waals surface area contributed by atoms with Crippen molar-refractivity contribution in [2.75, 3.05) is 13.2 Å². The van der Waals surface area contributed by atoms with Crippen LogP contribution in [-0.2, 0) is 4.79 Å². The van der Waals surface area contributed by atoms with E-state index < -0.39 is 5.97 Å². The Morgan fingerprint density at radius 2 is 1.90 bits per heavy atom. The molecule has 6 nitrogen and oxygen atoms in total. The van der Waals surface area contributed by atoms with Gasteiger partial charge in [0.05, 0.1) is 22.8 Å². The van der Waals surface area contributed by atoms with Crippen molar-refractivity contribution in [1.29, 1.82) is 0 Å². The highest BCUT2D eigenvalue weighted by molar-refractivity contribution is 8.18. The van der Waals surface area contributed by atoms with E-state index in [-0.39, 0.29) is 11.5 Å². The number of carboxylic acid groups (broad SMARTS) is 1. The van der Waals surface area contributed by atoms with Gasteiger partial charge in [0.2, 0.25) is 0 Å². The summed E-state index contributed by atoms with van der Waals surface area (Å²) in [5.41, 5.74) is 1.65. The third-order valence-corrected chi connectivity index (χ3v) is 5.51. The van der Waals surface area contributed by atoms with Crippen LogP contribution in [0.1, 0.15) is 42.6 Å². The topological polar surface area (TPSA) is 79.2 Å². The third-order valence-electron chi connectivity index (χ3n) is 4.50. The molecule has 0 radical (unpaired) electrons. The van der Waals surface area contributed by atoms with Crippen LogP contribution in [0.25, 0.3) is 6.08 Å². The van der Waals surface area contributed by atoms with Crippen molar-refractivity contribution in [3.05, 3.63) is 64.6 Å². The number of hydrogen-bond donors (Lipinski definition) is 1. The highest BCUT2D eigenvalue weighted by Gasteiger charge is 2.32. The monoisotopic (exact) mass is 424 g/mol. The van der Waals surface area contributed by atoms with Gasteiger partial charge in [-0.25, -0.2) is 9.79 Å². The highest BCUT2D eigenvalue weighted by Crippen LogP contribution is 2.35. The number of amidine groups is 1. The minimum Gasteiger partial charge on any atom is -0.493 e. The molecule has 0 aliphatic carbocycles. The number of carbonyl (C=O) groups is 2. The number of hydrogen-bond acceptors (Lipinski definition) is 5. The minimum atomic E-state index is -0.986. The first kappa shape index (κ1) is 21.6. The molecule has 0 unspecified atom stereocenters. The second-order valence-corrected chi connectivity index (χ2v) is 7.66. The summed E-state index contributed by atoms with van der Waals surface area (Å²) in [4.78, 5) is 30.7. The van der Waals surface area contributed by atoms with Crippen LogP contribution in [0.2, 0.25) is 0 Å². The fourth-order valence-corrected chi connectivity index (χ4v) is 3.91. The van der Waals surface area contributed by atoms with Crippen LogP contribution >= 0.6 is 11.8 Å². The largest absolute Gasteiger partial charge is 0.493 e. The molecule has 7 heteroatoms. The number of amides is 1. The Morgan fingerprint density at radius 3 is 2.57 bits per heavy atom. The van der Waals surface area contributed by atoms with Crippen molar-refractivity contribution in [3.63, 3.8) is 0 Å². The molecular formula is C23H24N2O4S. The number of carbonyl (C=O) groups excluding carboxylic acids is 1. The molecule has 1 heterocycles. The summed E-state index contributed by atoms with van der Waals surface area (Å²) in [6.45, 7) is 5.13. The quantitative estimate of drug-likeness (QED) is 0.466. The maximum absolute atomic E-state index is 12.9. The zero-order chi connectivity index (χ0) is 21.5. The molecule has 2 aromatic carbocycles. The van der Waals surface area contributed by atoms with E-state index in [9.17, 15) is 9.59 Å². The number of benzene rings is 2. The van der Waals surface area contributed by atoms with Crippen LogP contribution in [0, 0.1) is 0 Å². The number of thioether (sulfide) groups is 1. The van der Waals surface area contributed by atoms with Crippen LogP contribution in [0.15, 0.2) is 58.4 Å². The summed E-state index contributed by atoms with van der Waals surface area (Å²) in [7, 11) is 0. The number of ether oxygens (including phenoxy) is 1. The van der Waals surface area contributed by atoms with Crippen molar-refractivity contribution in [2.24, 2.45) is 4.99 Å². The number of carboxylic acids is 1. The van der Waals surface area contributed by atoms with Gasteiger partial charge in [-0.3, -0.25) is 9.69 Å². The van der Waals surface area contributed by atoms with Crippen LogP contribution < -0.4 is 4.74 Å². The zero-order valence-electron chi connectivity index (χ0n) is 17.0. The van der Waals surface area contributed by atoms with Crippen LogP contribution in [0.4, 0.5) is 5.69 Å². The minimum absolute atomic E-state index is 0.105. The fraction of sp³-hybridized carbons (Fsp3) is 0.261. The predicted molar refractivity (Wildman–Crippen MR) is 120 cm³/mol. The van der Waals surface area contributed by atoms with E-state index in [1.54, 1.807) is 17.0 Å². The molecular weight excluding hydrogens is 400 g/mol. The Balaban J connectivity index is 1.86. The van der Waals surface area contributed by atoms with E-state index in [1.807, 2.05) is 37.3 Å². The van der Waals surface area contributed by atoms with Crippen LogP contribution in [0.5, 0.6) is 5.75 Å². The Hall–Kier alpha value is -3.06. The summed E-state index contributed by atoms with van der Waals surface area (Å²) in [6.07, 6.45) is 3.86. The lowest BCUT2D eigenvalue weighted by Gasteiger charge is -2.12. The lowest BCUT2D eigenvalue weighted by molar-refractivity contribution is -0.122. The van der Waals surface area contributed by atoms with Crippen molar-refractivity contribution in [1.82, 2.24) is 4.90 Å². The van der Waals surface area contributed by atoms with Crippen LogP contribution in [-0.4, -0.2) is 40.2 Å². The molecule has 1 fully saturated rings. The number of likely N-dealkylation sites (N-methyl/N-ethyl adjacent to an activating group) is 1. The number of aliphatic imine (C=N–C) groups is 1. The molecule has 0 saturated carbocycles. The molecule has 1 N–H and O–H groups in total. The second-order valence-electron chi connectivity index (χ2n) is 6.65. The van der Waals surface area contributed by atoms with Gasteiger partial charge in [-0.05, 0) is 61.5 Å². The van der Waals surface area contributed by atoms with E-state index in [4.69, 9.17) is 9.84 Å². The van der Waals surface area contributed by atoms with Gasteiger partial charge in [-0.1, -0.05) is 31.5 Å². The lowest BCUT2D eigenvalue weighted by Crippen LogP contribution is -2.28. The van der Waals surface area contributed by atoms with E-state index in [0.29, 0.717) is 28.9 Å². The molecule has 1 aliphatic heterocycles. The first-order valence-electron chi connectivity index (χ1n) is 9.88. The number of para-hydroxylation sites is 1. The van der Waals surface area contributed by atoms with E-state index >= 15 is 0 Å². The van der Waals surface area contributed by atoms with Gasteiger partial charge in [0.15, 0.2) is 5.17 Å². The Kier molecular flexibility index (Phi) is 7.30. The van der Waals surface area contributed by atoms with E-state index in [0.717, 1.165) is 24.2 Å². The van der Waals surface area contributed by atoms with Gasteiger partial charge < -0.3 is 9.84 Å². The molecule has 30 heavy (non-hydrogen) atoms. The molecule has 0 aromatic heterocycles. The Labute approximate surface area is 180 Å². The lowest BCUT2D eigenvalue weighted by atomic mass is 10.2. The molecule has 2 aromatic rings. The summed E-state index contributed by atoms with van der Waals surface area (Å²) < 4.78 is 5.87. The Morgan fingerprint density at radius 1 is 1.17 bits per heavy atom. The first-order valence-corrected chi connectivity index (χ1v) is 10.7. The van der Waals surface area contributed by atoms with Crippen molar-refractivity contribution < 1.29 is 19.4 Å². The fourth-order valence-electron chi connectivity index (χ4n) is 2.86. The average Bonchev–Trinajstić information content (AvgIpc) is 3.03. The van der Waals surface area contributed by atoms with Gasteiger partial charge in [-0.2, -0.15) is 0 Å². The standard InChI is InChI=1S/C23H24N2O4S/c1-3-5-14-29-19-9-7-6-8-17(19)15-20-21(26)25(4-2)23(30-20)24-18-12-10-16(11-13-18)22(27)28/h6-13,15H,3-5,14H2,1-2H3,(H,27,28)/b20-15+,24-23?. The maximum Gasteiger partial charge on any atom is 0.335 e. The average molecular weight is 425 g/mol.